The summed E-state index contributed by atoms with van der Waals surface area (Å²) in [5.41, 5.74) is 14.5. The van der Waals surface area contributed by atoms with Crippen LogP contribution in [0.2, 0.25) is 0 Å². The first-order chi connectivity index (χ1) is 28.8. The van der Waals surface area contributed by atoms with Gasteiger partial charge in [0.15, 0.2) is 0 Å². The fourth-order valence-corrected chi connectivity index (χ4v) is 11.5. The van der Waals surface area contributed by atoms with E-state index in [-0.39, 0.29) is 0 Å². The standard InChI is InChI=1S/C55H34N2S/c1-3-15-35(16-4-1)55(47-23-11-7-19-39(47)40-20-8-12-24-48(40)55)36-27-29-38(30-28-36)56-49-25-13-9-21-41(49)43-31-44-45-32-46-42-22-10-14-26-53(42)58-54(46)34-52(45)57(51(44)33-50(43)56)37-17-5-2-6-18-37/h1-34H. The number of benzene rings is 9. The third kappa shape index (κ3) is 4.21. The van der Waals surface area contributed by atoms with Gasteiger partial charge in [-0.15, -0.1) is 11.3 Å². The van der Waals surface area contributed by atoms with Crippen molar-refractivity contribution >= 4 is 75.1 Å². The quantitative estimate of drug-likeness (QED) is 0.169. The topological polar surface area (TPSA) is 9.86 Å². The smallest absolute Gasteiger partial charge is 0.0713 e. The third-order valence-electron chi connectivity index (χ3n) is 12.8. The molecule has 3 heteroatoms. The van der Waals surface area contributed by atoms with Crippen LogP contribution in [0.3, 0.4) is 0 Å². The van der Waals surface area contributed by atoms with Crippen molar-refractivity contribution in [3.63, 3.8) is 0 Å². The number of nitrogens with zero attached hydrogens (tertiary/aromatic N) is 2. The zero-order chi connectivity index (χ0) is 38.0. The average molecular weight is 755 g/mol. The summed E-state index contributed by atoms with van der Waals surface area (Å²) in [6.07, 6.45) is 0. The maximum atomic E-state index is 2.47. The van der Waals surface area contributed by atoms with Crippen LogP contribution in [0.4, 0.5) is 0 Å². The van der Waals surface area contributed by atoms with Crippen LogP contribution in [0.25, 0.3) is 86.3 Å². The van der Waals surface area contributed by atoms with Gasteiger partial charge < -0.3 is 9.13 Å². The van der Waals surface area contributed by atoms with Crippen LogP contribution in [0.15, 0.2) is 206 Å². The summed E-state index contributed by atoms with van der Waals surface area (Å²) in [5, 5.41) is 7.71. The second-order valence-electron chi connectivity index (χ2n) is 15.6. The van der Waals surface area contributed by atoms with E-state index in [9.17, 15) is 0 Å². The van der Waals surface area contributed by atoms with E-state index in [0.717, 1.165) is 11.4 Å². The number of hydrogen-bond acceptors (Lipinski definition) is 1. The fourth-order valence-electron chi connectivity index (χ4n) is 10.4. The van der Waals surface area contributed by atoms with Gasteiger partial charge in [0, 0.05) is 53.1 Å². The SMILES string of the molecule is c1ccc(-n2c3cc4sc5ccccc5c4cc3c3cc4c5ccccc5n(-c5ccc(C6(c7ccccc7)c7ccccc7-c7ccccc76)cc5)c4cc32)cc1. The van der Waals surface area contributed by atoms with E-state index in [1.165, 1.54) is 97.2 Å². The highest BCUT2D eigenvalue weighted by atomic mass is 32.1. The summed E-state index contributed by atoms with van der Waals surface area (Å²) >= 11 is 1.88. The van der Waals surface area contributed by atoms with Gasteiger partial charge in [0.05, 0.1) is 27.5 Å². The normalized spacial score (nSPS) is 13.3. The Morgan fingerprint density at radius 2 is 0.810 bits per heavy atom. The molecule has 2 nitrogen and oxygen atoms in total. The van der Waals surface area contributed by atoms with Crippen molar-refractivity contribution in [2.45, 2.75) is 5.41 Å². The summed E-state index contributed by atoms with van der Waals surface area (Å²) in [6.45, 7) is 0. The number of aromatic nitrogens is 2. The first-order valence-corrected chi connectivity index (χ1v) is 20.8. The first kappa shape index (κ1) is 31.9. The van der Waals surface area contributed by atoms with Crippen molar-refractivity contribution in [3.05, 3.63) is 229 Å². The molecule has 0 saturated heterocycles. The number of rotatable bonds is 4. The molecule has 0 unspecified atom stereocenters. The zero-order valence-corrected chi connectivity index (χ0v) is 32.2. The van der Waals surface area contributed by atoms with Crippen LogP contribution in [0.5, 0.6) is 0 Å². The molecule has 1 aliphatic carbocycles. The van der Waals surface area contributed by atoms with Crippen LogP contribution in [0.1, 0.15) is 22.3 Å². The average Bonchev–Trinajstić information content (AvgIpc) is 4.00. The monoisotopic (exact) mass is 754 g/mol. The first-order valence-electron chi connectivity index (χ1n) is 20.0. The Bertz CT molecular complexity index is 3560. The van der Waals surface area contributed by atoms with Gasteiger partial charge in [-0.05, 0) is 94.0 Å². The largest absolute Gasteiger partial charge is 0.309 e. The predicted molar refractivity (Wildman–Crippen MR) is 245 cm³/mol. The number of thiophene rings is 1. The zero-order valence-electron chi connectivity index (χ0n) is 31.4. The lowest BCUT2D eigenvalue weighted by Crippen LogP contribution is -2.28. The summed E-state index contributed by atoms with van der Waals surface area (Å²) in [5.74, 6) is 0. The molecule has 0 amide bonds. The molecule has 0 spiro atoms. The molecule has 0 N–H and O–H groups in total. The Kier molecular flexibility index (Phi) is 6.56. The third-order valence-corrected chi connectivity index (χ3v) is 13.9. The molecule has 3 aromatic heterocycles. The maximum absolute atomic E-state index is 2.47. The lowest BCUT2D eigenvalue weighted by molar-refractivity contribution is 0.768. The molecule has 0 bridgehead atoms. The molecule has 12 aromatic rings. The minimum atomic E-state index is -0.435. The van der Waals surface area contributed by atoms with E-state index in [4.69, 9.17) is 0 Å². The van der Waals surface area contributed by atoms with E-state index < -0.39 is 5.41 Å². The van der Waals surface area contributed by atoms with Crippen molar-refractivity contribution in [1.29, 1.82) is 0 Å². The molecule has 0 radical (unpaired) electrons. The molecular weight excluding hydrogens is 721 g/mol. The van der Waals surface area contributed by atoms with E-state index in [1.54, 1.807) is 0 Å². The molecule has 270 valence electrons. The lowest BCUT2D eigenvalue weighted by atomic mass is 9.68. The van der Waals surface area contributed by atoms with Crippen molar-refractivity contribution in [2.75, 3.05) is 0 Å². The summed E-state index contributed by atoms with van der Waals surface area (Å²) in [6, 6.07) is 76.7. The van der Waals surface area contributed by atoms with Crippen molar-refractivity contribution in [1.82, 2.24) is 9.13 Å². The van der Waals surface area contributed by atoms with Crippen LogP contribution < -0.4 is 0 Å². The van der Waals surface area contributed by atoms with E-state index in [0.29, 0.717) is 0 Å². The predicted octanol–water partition coefficient (Wildman–Crippen LogP) is 14.6. The number of fused-ring (bicyclic) bond motifs is 12. The molecule has 0 saturated carbocycles. The highest BCUT2D eigenvalue weighted by Crippen LogP contribution is 2.56. The van der Waals surface area contributed by atoms with Crippen molar-refractivity contribution in [2.24, 2.45) is 0 Å². The van der Waals surface area contributed by atoms with E-state index >= 15 is 0 Å². The Morgan fingerprint density at radius 3 is 1.53 bits per heavy atom. The lowest BCUT2D eigenvalue weighted by Gasteiger charge is -2.34. The van der Waals surface area contributed by atoms with E-state index in [2.05, 4.69) is 215 Å². The fraction of sp³-hybridized carbons (Fsp3) is 0.0182. The summed E-state index contributed by atoms with van der Waals surface area (Å²) in [7, 11) is 0. The van der Waals surface area contributed by atoms with Crippen LogP contribution >= 0.6 is 11.3 Å². The second kappa shape index (κ2) is 11.9. The molecule has 9 aromatic carbocycles. The van der Waals surface area contributed by atoms with Gasteiger partial charge in [0.2, 0.25) is 0 Å². The Balaban J connectivity index is 1.08. The van der Waals surface area contributed by atoms with Gasteiger partial charge in [-0.2, -0.15) is 0 Å². The van der Waals surface area contributed by atoms with Gasteiger partial charge in [-0.25, -0.2) is 0 Å². The molecular formula is C55H34N2S. The minimum Gasteiger partial charge on any atom is -0.309 e. The van der Waals surface area contributed by atoms with Gasteiger partial charge in [-0.1, -0.05) is 146 Å². The summed E-state index contributed by atoms with van der Waals surface area (Å²) in [4.78, 5) is 0. The number of para-hydroxylation sites is 2. The van der Waals surface area contributed by atoms with E-state index in [1.807, 2.05) is 11.3 Å². The highest BCUT2D eigenvalue weighted by molar-refractivity contribution is 7.25. The van der Waals surface area contributed by atoms with Gasteiger partial charge in [0.1, 0.15) is 0 Å². The van der Waals surface area contributed by atoms with Gasteiger partial charge >= 0.3 is 0 Å². The van der Waals surface area contributed by atoms with Crippen molar-refractivity contribution in [3.8, 4) is 22.5 Å². The van der Waals surface area contributed by atoms with Crippen LogP contribution in [-0.2, 0) is 5.41 Å². The molecule has 58 heavy (non-hydrogen) atoms. The second-order valence-corrected chi connectivity index (χ2v) is 16.7. The van der Waals surface area contributed by atoms with Crippen LogP contribution in [0, 0.1) is 0 Å². The molecule has 0 aliphatic heterocycles. The summed E-state index contributed by atoms with van der Waals surface area (Å²) < 4.78 is 7.58. The Morgan fingerprint density at radius 1 is 0.310 bits per heavy atom. The van der Waals surface area contributed by atoms with Crippen LogP contribution in [-0.4, -0.2) is 9.13 Å². The Hall–Kier alpha value is -7.20. The maximum Gasteiger partial charge on any atom is 0.0713 e. The minimum absolute atomic E-state index is 0.435. The molecule has 0 fully saturated rings. The van der Waals surface area contributed by atoms with Gasteiger partial charge in [-0.3, -0.25) is 0 Å². The highest BCUT2D eigenvalue weighted by Gasteiger charge is 2.45. The van der Waals surface area contributed by atoms with Gasteiger partial charge in [0.25, 0.3) is 0 Å². The molecule has 0 atom stereocenters. The molecule has 13 rings (SSSR count). The molecule has 1 aliphatic rings. The number of hydrogen-bond donors (Lipinski definition) is 0. The molecule has 3 heterocycles. The van der Waals surface area contributed by atoms with Crippen molar-refractivity contribution < 1.29 is 0 Å². The Labute approximate surface area is 339 Å².